The Morgan fingerprint density at radius 3 is 2.60 bits per heavy atom. The number of aromatic nitrogens is 2. The largest absolute Gasteiger partial charge is 0.381 e. The monoisotopic (exact) mass is 348 g/mol. The zero-order valence-electron chi connectivity index (χ0n) is 15.2. The normalized spacial score (nSPS) is 28.8. The summed E-state index contributed by atoms with van der Waals surface area (Å²) in [6, 6.07) is 0.614. The number of nitrogens with zero attached hydrogens (tertiary/aromatic N) is 3. The molecule has 1 aromatic rings. The predicted molar refractivity (Wildman–Crippen MR) is 92.6 cm³/mol. The van der Waals surface area contributed by atoms with Crippen molar-refractivity contribution in [1.82, 2.24) is 20.0 Å². The Morgan fingerprint density at radius 2 is 1.88 bits per heavy atom. The van der Waals surface area contributed by atoms with Crippen LogP contribution in [0.4, 0.5) is 0 Å². The molecule has 0 aliphatic carbocycles. The number of piperazine rings is 1. The summed E-state index contributed by atoms with van der Waals surface area (Å²) >= 11 is 0. The van der Waals surface area contributed by atoms with Gasteiger partial charge in [0.25, 0.3) is 5.91 Å². The van der Waals surface area contributed by atoms with Gasteiger partial charge in [-0.15, -0.1) is 0 Å². The second-order valence-corrected chi connectivity index (χ2v) is 7.43. The molecule has 4 rings (SSSR count). The van der Waals surface area contributed by atoms with Crippen molar-refractivity contribution in [3.63, 3.8) is 0 Å². The standard InChI is InChI=1S/C18H28N4O3/c1-12-11-15-16(13(2)25-12)19-20-17(15)18(23)22-7-5-21(6-8-22)14-3-9-24-10-4-14/h12-14H,3-11H2,1-2H3,(H,19,20)/t12-,13+/m1/s1. The second kappa shape index (κ2) is 7.05. The van der Waals surface area contributed by atoms with Gasteiger partial charge in [-0.05, 0) is 26.7 Å². The highest BCUT2D eigenvalue weighted by molar-refractivity contribution is 5.94. The zero-order valence-corrected chi connectivity index (χ0v) is 15.2. The molecule has 0 bridgehead atoms. The smallest absolute Gasteiger partial charge is 0.274 e. The molecule has 2 fully saturated rings. The van der Waals surface area contributed by atoms with Gasteiger partial charge in [0.2, 0.25) is 0 Å². The highest BCUT2D eigenvalue weighted by Crippen LogP contribution is 2.30. The van der Waals surface area contributed by atoms with Gasteiger partial charge >= 0.3 is 0 Å². The molecule has 2 saturated heterocycles. The maximum Gasteiger partial charge on any atom is 0.274 e. The van der Waals surface area contributed by atoms with Gasteiger partial charge in [0.05, 0.1) is 17.9 Å². The zero-order chi connectivity index (χ0) is 17.4. The topological polar surface area (TPSA) is 70.7 Å². The van der Waals surface area contributed by atoms with Crippen LogP contribution in [0.1, 0.15) is 54.5 Å². The number of ether oxygens (including phenoxy) is 2. The molecule has 3 aliphatic rings. The summed E-state index contributed by atoms with van der Waals surface area (Å²) in [4.78, 5) is 17.5. The Morgan fingerprint density at radius 1 is 1.16 bits per heavy atom. The van der Waals surface area contributed by atoms with Gasteiger partial charge < -0.3 is 14.4 Å². The summed E-state index contributed by atoms with van der Waals surface area (Å²) < 4.78 is 11.3. The van der Waals surface area contributed by atoms with Crippen LogP contribution in [-0.4, -0.2) is 77.4 Å². The Hall–Kier alpha value is -1.44. The number of nitrogens with one attached hydrogen (secondary N) is 1. The lowest BCUT2D eigenvalue weighted by molar-refractivity contribution is -0.00712. The third-order valence-electron chi connectivity index (χ3n) is 5.74. The van der Waals surface area contributed by atoms with Gasteiger partial charge in [0, 0.05) is 57.4 Å². The predicted octanol–water partition coefficient (Wildman–Crippen LogP) is 1.37. The first-order valence-corrected chi connectivity index (χ1v) is 9.47. The Balaban J connectivity index is 1.41. The van der Waals surface area contributed by atoms with Crippen molar-refractivity contribution in [2.24, 2.45) is 0 Å². The van der Waals surface area contributed by atoms with Gasteiger partial charge in [0.1, 0.15) is 0 Å². The van der Waals surface area contributed by atoms with Crippen molar-refractivity contribution in [2.45, 2.75) is 51.4 Å². The van der Waals surface area contributed by atoms with E-state index in [1.165, 1.54) is 0 Å². The van der Waals surface area contributed by atoms with Crippen LogP contribution in [0.15, 0.2) is 0 Å². The number of carbonyl (C=O) groups excluding carboxylic acids is 1. The van der Waals surface area contributed by atoms with E-state index in [1.54, 1.807) is 0 Å². The molecule has 0 unspecified atom stereocenters. The summed E-state index contributed by atoms with van der Waals surface area (Å²) in [5.74, 6) is 0.0606. The molecule has 0 radical (unpaired) electrons. The summed E-state index contributed by atoms with van der Waals surface area (Å²) in [6.07, 6.45) is 3.06. The van der Waals surface area contributed by atoms with Gasteiger partial charge in [-0.25, -0.2) is 0 Å². The van der Waals surface area contributed by atoms with Crippen molar-refractivity contribution in [1.29, 1.82) is 0 Å². The van der Waals surface area contributed by atoms with E-state index in [0.717, 1.165) is 69.9 Å². The third-order valence-corrected chi connectivity index (χ3v) is 5.74. The third kappa shape index (κ3) is 3.32. The number of H-pyrrole nitrogens is 1. The molecule has 2 atom stereocenters. The van der Waals surface area contributed by atoms with E-state index in [0.29, 0.717) is 11.7 Å². The first-order valence-electron chi connectivity index (χ1n) is 9.47. The van der Waals surface area contributed by atoms with E-state index >= 15 is 0 Å². The molecule has 7 nitrogen and oxygen atoms in total. The van der Waals surface area contributed by atoms with E-state index in [1.807, 2.05) is 18.7 Å². The average Bonchev–Trinajstić information content (AvgIpc) is 3.06. The fourth-order valence-corrected chi connectivity index (χ4v) is 4.34. The van der Waals surface area contributed by atoms with E-state index in [2.05, 4.69) is 15.1 Å². The maximum atomic E-state index is 13.0. The molecule has 3 aliphatic heterocycles. The van der Waals surface area contributed by atoms with Crippen LogP contribution >= 0.6 is 0 Å². The van der Waals surface area contributed by atoms with Gasteiger partial charge in [0.15, 0.2) is 5.69 Å². The number of amides is 1. The lowest BCUT2D eigenvalue weighted by atomic mass is 9.99. The lowest BCUT2D eigenvalue weighted by Gasteiger charge is -2.40. The number of hydrogen-bond acceptors (Lipinski definition) is 5. The van der Waals surface area contributed by atoms with Crippen molar-refractivity contribution < 1.29 is 14.3 Å². The van der Waals surface area contributed by atoms with Crippen molar-refractivity contribution in [3.8, 4) is 0 Å². The molecule has 1 amide bonds. The highest BCUT2D eigenvalue weighted by atomic mass is 16.5. The molecule has 4 heterocycles. The van der Waals surface area contributed by atoms with E-state index < -0.39 is 0 Å². The summed E-state index contributed by atoms with van der Waals surface area (Å²) in [7, 11) is 0. The molecule has 25 heavy (non-hydrogen) atoms. The van der Waals surface area contributed by atoms with E-state index in [4.69, 9.17) is 9.47 Å². The Bertz CT molecular complexity index is 618. The van der Waals surface area contributed by atoms with Gasteiger partial charge in [-0.3, -0.25) is 14.8 Å². The van der Waals surface area contributed by atoms with Crippen LogP contribution in [0, 0.1) is 0 Å². The molecule has 7 heteroatoms. The first kappa shape index (κ1) is 17.0. The van der Waals surface area contributed by atoms with Crippen molar-refractivity contribution in [2.75, 3.05) is 39.4 Å². The minimum absolute atomic E-state index is 0.0295. The molecule has 1 N–H and O–H groups in total. The Kier molecular flexibility index (Phi) is 4.80. The highest BCUT2D eigenvalue weighted by Gasteiger charge is 2.33. The van der Waals surface area contributed by atoms with Crippen LogP contribution in [0.2, 0.25) is 0 Å². The van der Waals surface area contributed by atoms with E-state index in [9.17, 15) is 4.79 Å². The summed E-state index contributed by atoms with van der Waals surface area (Å²) in [6.45, 7) is 9.22. The number of hydrogen-bond donors (Lipinski definition) is 1. The van der Waals surface area contributed by atoms with Crippen LogP contribution < -0.4 is 0 Å². The number of fused-ring (bicyclic) bond motifs is 1. The average molecular weight is 348 g/mol. The number of aromatic amines is 1. The van der Waals surface area contributed by atoms with Gasteiger partial charge in [-0.2, -0.15) is 5.10 Å². The van der Waals surface area contributed by atoms with Crippen LogP contribution in [0.25, 0.3) is 0 Å². The maximum absolute atomic E-state index is 13.0. The fourth-order valence-electron chi connectivity index (χ4n) is 4.34. The minimum Gasteiger partial charge on any atom is -0.381 e. The fraction of sp³-hybridized carbons (Fsp3) is 0.778. The van der Waals surface area contributed by atoms with Crippen molar-refractivity contribution >= 4 is 5.91 Å². The molecule has 0 spiro atoms. The molecule has 0 aromatic carbocycles. The molecule has 1 aromatic heterocycles. The number of rotatable bonds is 2. The minimum atomic E-state index is -0.0295. The van der Waals surface area contributed by atoms with E-state index in [-0.39, 0.29) is 18.1 Å². The Labute approximate surface area is 148 Å². The molecular formula is C18H28N4O3. The molecule has 0 saturated carbocycles. The molecule has 138 valence electrons. The van der Waals surface area contributed by atoms with Crippen molar-refractivity contribution in [3.05, 3.63) is 17.0 Å². The van der Waals surface area contributed by atoms with Crippen LogP contribution in [-0.2, 0) is 15.9 Å². The quantitative estimate of drug-likeness (QED) is 0.874. The van der Waals surface area contributed by atoms with Crippen LogP contribution in [0.3, 0.4) is 0 Å². The SMILES string of the molecule is C[C@@H]1Cc2c(C(=O)N3CCN(C4CCOCC4)CC3)n[nH]c2[C@H](C)O1. The lowest BCUT2D eigenvalue weighted by Crippen LogP contribution is -2.53. The second-order valence-electron chi connectivity index (χ2n) is 7.43. The van der Waals surface area contributed by atoms with Crippen LogP contribution in [0.5, 0.6) is 0 Å². The summed E-state index contributed by atoms with van der Waals surface area (Å²) in [5, 5.41) is 7.37. The first-order chi connectivity index (χ1) is 12.1. The van der Waals surface area contributed by atoms with Gasteiger partial charge in [-0.1, -0.05) is 0 Å². The summed E-state index contributed by atoms with van der Waals surface area (Å²) in [5.41, 5.74) is 2.60. The molecular weight excluding hydrogens is 320 g/mol. The number of carbonyl (C=O) groups is 1.